The average Bonchev–Trinajstić information content (AvgIpc) is 2.90. The van der Waals surface area contributed by atoms with Crippen LogP contribution in [0.25, 0.3) is 0 Å². The van der Waals surface area contributed by atoms with Gasteiger partial charge in [0.25, 0.3) is 0 Å². The molecular weight excluding hydrogens is 446 g/mol. The van der Waals surface area contributed by atoms with Crippen LogP contribution < -0.4 is 9.47 Å². The van der Waals surface area contributed by atoms with E-state index in [2.05, 4.69) is 15.2 Å². The van der Waals surface area contributed by atoms with Crippen molar-refractivity contribution in [1.82, 2.24) is 4.98 Å². The van der Waals surface area contributed by atoms with E-state index in [9.17, 15) is 9.59 Å². The zero-order valence-corrected chi connectivity index (χ0v) is 19.9. The topological polar surface area (TPSA) is 99.4 Å². The van der Waals surface area contributed by atoms with Crippen LogP contribution in [0.15, 0.2) is 83.3 Å². The number of nitrogens with zero attached hydrogens (tertiary/aromatic N) is 3. The molecule has 3 rings (SSSR count). The number of hydrogen-bond donors (Lipinski definition) is 0. The van der Waals surface area contributed by atoms with Gasteiger partial charge in [-0.3, -0.25) is 9.78 Å². The van der Waals surface area contributed by atoms with E-state index in [0.29, 0.717) is 41.7 Å². The highest BCUT2D eigenvalue weighted by Crippen LogP contribution is 2.22. The van der Waals surface area contributed by atoms with Gasteiger partial charge in [-0.1, -0.05) is 13.8 Å². The summed E-state index contributed by atoms with van der Waals surface area (Å²) in [7, 11) is 0. The highest BCUT2D eigenvalue weighted by atomic mass is 16.5. The maximum Gasteiger partial charge on any atom is 0.343 e. The van der Waals surface area contributed by atoms with Crippen molar-refractivity contribution in [2.75, 3.05) is 13.2 Å². The molecule has 0 amide bonds. The minimum Gasteiger partial charge on any atom is -0.494 e. The van der Waals surface area contributed by atoms with E-state index in [1.807, 2.05) is 13.8 Å². The summed E-state index contributed by atoms with van der Waals surface area (Å²) in [5, 5.41) is 8.27. The SMILES string of the molecule is CCC(C)C(=O)OCCCCOc1ccc(C(=O)Oc2ccc(N=Nc3ccncc3)cc2)cc1. The van der Waals surface area contributed by atoms with E-state index in [0.717, 1.165) is 19.3 Å². The summed E-state index contributed by atoms with van der Waals surface area (Å²) < 4.78 is 16.3. The molecule has 0 saturated carbocycles. The zero-order chi connectivity index (χ0) is 24.9. The first-order valence-electron chi connectivity index (χ1n) is 11.6. The van der Waals surface area contributed by atoms with E-state index in [-0.39, 0.29) is 11.9 Å². The molecular formula is C27H29N3O5. The molecule has 8 heteroatoms. The molecule has 0 spiro atoms. The van der Waals surface area contributed by atoms with Crippen LogP contribution in [0.3, 0.4) is 0 Å². The average molecular weight is 476 g/mol. The highest BCUT2D eigenvalue weighted by molar-refractivity contribution is 5.91. The van der Waals surface area contributed by atoms with Crippen LogP contribution in [0.2, 0.25) is 0 Å². The molecule has 0 aliphatic heterocycles. The van der Waals surface area contributed by atoms with Crippen LogP contribution in [-0.2, 0) is 9.53 Å². The molecule has 0 N–H and O–H groups in total. The van der Waals surface area contributed by atoms with Gasteiger partial charge in [-0.25, -0.2) is 4.79 Å². The maximum absolute atomic E-state index is 12.4. The summed E-state index contributed by atoms with van der Waals surface area (Å²) in [6.07, 6.45) is 5.56. The number of carbonyl (C=O) groups is 2. The van der Waals surface area contributed by atoms with Gasteiger partial charge >= 0.3 is 11.9 Å². The Balaban J connectivity index is 1.39. The van der Waals surface area contributed by atoms with Crippen molar-refractivity contribution >= 4 is 23.3 Å². The second-order valence-corrected chi connectivity index (χ2v) is 7.85. The summed E-state index contributed by atoms with van der Waals surface area (Å²) >= 11 is 0. The van der Waals surface area contributed by atoms with Gasteiger partial charge in [-0.05, 0) is 79.9 Å². The Morgan fingerprint density at radius 1 is 0.829 bits per heavy atom. The Hall–Kier alpha value is -4.07. The van der Waals surface area contributed by atoms with Gasteiger partial charge in [-0.2, -0.15) is 10.2 Å². The molecule has 0 fully saturated rings. The minimum atomic E-state index is -0.467. The maximum atomic E-state index is 12.4. The number of ether oxygens (including phenoxy) is 3. The van der Waals surface area contributed by atoms with Gasteiger partial charge in [0.2, 0.25) is 0 Å². The molecule has 1 aromatic heterocycles. The number of hydrogen-bond acceptors (Lipinski definition) is 8. The fourth-order valence-electron chi connectivity index (χ4n) is 2.84. The normalized spacial score (nSPS) is 11.7. The summed E-state index contributed by atoms with van der Waals surface area (Å²) in [6.45, 7) is 4.71. The van der Waals surface area contributed by atoms with E-state index in [4.69, 9.17) is 14.2 Å². The Bertz CT molecular complexity index is 1100. The Morgan fingerprint density at radius 2 is 1.43 bits per heavy atom. The first kappa shape index (κ1) is 25.6. The van der Waals surface area contributed by atoms with Crippen molar-refractivity contribution < 1.29 is 23.8 Å². The van der Waals surface area contributed by atoms with Crippen LogP contribution in [0.4, 0.5) is 11.4 Å². The zero-order valence-electron chi connectivity index (χ0n) is 19.9. The number of carbonyl (C=O) groups excluding carboxylic acids is 2. The molecule has 182 valence electrons. The minimum absolute atomic E-state index is 0.0645. The molecule has 1 atom stereocenters. The van der Waals surface area contributed by atoms with Crippen molar-refractivity contribution in [2.24, 2.45) is 16.1 Å². The molecule has 0 radical (unpaired) electrons. The van der Waals surface area contributed by atoms with E-state index >= 15 is 0 Å². The van der Waals surface area contributed by atoms with Crippen molar-refractivity contribution in [1.29, 1.82) is 0 Å². The molecule has 0 saturated heterocycles. The molecule has 0 aliphatic rings. The van der Waals surface area contributed by atoms with Gasteiger partial charge in [0.15, 0.2) is 0 Å². The largest absolute Gasteiger partial charge is 0.494 e. The first-order valence-corrected chi connectivity index (χ1v) is 11.6. The van der Waals surface area contributed by atoms with Gasteiger partial charge in [0.1, 0.15) is 11.5 Å². The molecule has 8 nitrogen and oxygen atoms in total. The van der Waals surface area contributed by atoms with Gasteiger partial charge in [-0.15, -0.1) is 0 Å². The van der Waals surface area contributed by atoms with Crippen LogP contribution in [0, 0.1) is 5.92 Å². The third-order valence-electron chi connectivity index (χ3n) is 5.15. The third-order valence-corrected chi connectivity index (χ3v) is 5.15. The first-order chi connectivity index (χ1) is 17.0. The van der Waals surface area contributed by atoms with Crippen LogP contribution in [-0.4, -0.2) is 30.1 Å². The fraction of sp³-hybridized carbons (Fsp3) is 0.296. The molecule has 1 heterocycles. The van der Waals surface area contributed by atoms with E-state index < -0.39 is 5.97 Å². The molecule has 3 aromatic rings. The lowest BCUT2D eigenvalue weighted by molar-refractivity contribution is -0.148. The van der Waals surface area contributed by atoms with Gasteiger partial charge < -0.3 is 14.2 Å². The monoisotopic (exact) mass is 475 g/mol. The summed E-state index contributed by atoms with van der Waals surface area (Å²) in [4.78, 5) is 28.0. The van der Waals surface area contributed by atoms with Crippen LogP contribution >= 0.6 is 0 Å². The summed E-state index contributed by atoms with van der Waals surface area (Å²) in [5.41, 5.74) is 1.75. The molecule has 0 bridgehead atoms. The van der Waals surface area contributed by atoms with Crippen molar-refractivity contribution in [2.45, 2.75) is 33.1 Å². The summed E-state index contributed by atoms with van der Waals surface area (Å²) in [6, 6.07) is 17.0. The number of rotatable bonds is 12. The number of unbranched alkanes of at least 4 members (excludes halogenated alkanes) is 1. The fourth-order valence-corrected chi connectivity index (χ4v) is 2.84. The highest BCUT2D eigenvalue weighted by Gasteiger charge is 2.11. The van der Waals surface area contributed by atoms with Crippen LogP contribution in [0.1, 0.15) is 43.5 Å². The predicted octanol–water partition coefficient (Wildman–Crippen LogP) is 6.46. The Morgan fingerprint density at radius 3 is 2.09 bits per heavy atom. The lowest BCUT2D eigenvalue weighted by atomic mass is 10.1. The molecule has 35 heavy (non-hydrogen) atoms. The molecule has 2 aromatic carbocycles. The second kappa shape index (κ2) is 13.6. The predicted molar refractivity (Wildman–Crippen MR) is 131 cm³/mol. The van der Waals surface area contributed by atoms with E-state index in [1.54, 1.807) is 73.1 Å². The number of benzene rings is 2. The molecule has 1 unspecified atom stereocenters. The smallest absolute Gasteiger partial charge is 0.343 e. The van der Waals surface area contributed by atoms with Crippen molar-refractivity contribution in [3.63, 3.8) is 0 Å². The standard InChI is InChI=1S/C27H29N3O5/c1-3-20(2)26(31)34-19-5-4-18-33-24-10-6-21(7-11-24)27(32)35-25-12-8-22(9-13-25)29-30-23-14-16-28-17-15-23/h6-17,20H,3-5,18-19H2,1-2H3. The number of esters is 2. The number of pyridine rings is 1. The van der Waals surface area contributed by atoms with E-state index in [1.165, 1.54) is 0 Å². The van der Waals surface area contributed by atoms with Crippen LogP contribution in [0.5, 0.6) is 11.5 Å². The number of azo groups is 1. The Labute approximate surface area is 205 Å². The summed E-state index contributed by atoms with van der Waals surface area (Å²) in [5.74, 6) is 0.379. The van der Waals surface area contributed by atoms with Crippen molar-refractivity contribution in [3.8, 4) is 11.5 Å². The molecule has 0 aliphatic carbocycles. The Kier molecular flexibility index (Phi) is 9.92. The third kappa shape index (κ3) is 8.66. The van der Waals surface area contributed by atoms with Crippen molar-refractivity contribution in [3.05, 3.63) is 78.6 Å². The lowest BCUT2D eigenvalue weighted by Gasteiger charge is -2.10. The quantitative estimate of drug-likeness (QED) is 0.129. The lowest BCUT2D eigenvalue weighted by Crippen LogP contribution is -2.15. The van der Waals surface area contributed by atoms with Gasteiger partial charge in [0, 0.05) is 12.4 Å². The second-order valence-electron chi connectivity index (χ2n) is 7.85. The van der Waals surface area contributed by atoms with Gasteiger partial charge in [0.05, 0.1) is 36.1 Å². The number of aromatic nitrogens is 1.